The number of hydrogen-bond acceptors (Lipinski definition) is 8. The monoisotopic (exact) mass is 419 g/mol. The highest BCUT2D eigenvalue weighted by Gasteiger charge is 2.26. The molecule has 3 heterocycles. The Bertz CT molecular complexity index is 756. The number of benzene rings is 1. The van der Waals surface area contributed by atoms with Crippen LogP contribution in [0.1, 0.15) is 0 Å². The number of nitrogens with zero attached hydrogens (tertiary/aromatic N) is 5. The van der Waals surface area contributed by atoms with E-state index in [1.165, 1.54) is 0 Å². The van der Waals surface area contributed by atoms with Gasteiger partial charge in [-0.15, -0.1) is 0 Å². The number of rotatable bonds is 5. The minimum Gasteiger partial charge on any atom is -0.378 e. The first kappa shape index (κ1) is 20.8. The topological polar surface area (TPSA) is 91.6 Å². The first-order valence-electron chi connectivity index (χ1n) is 10.6. The zero-order valence-corrected chi connectivity index (χ0v) is 17.2. The van der Waals surface area contributed by atoms with E-state index in [1.54, 1.807) is 6.07 Å². The summed E-state index contributed by atoms with van der Waals surface area (Å²) in [6.07, 6.45) is 0. The van der Waals surface area contributed by atoms with Crippen molar-refractivity contribution in [2.24, 2.45) is 0 Å². The van der Waals surface area contributed by atoms with E-state index >= 15 is 0 Å². The predicted molar refractivity (Wildman–Crippen MR) is 112 cm³/mol. The minimum absolute atomic E-state index is 0.135. The van der Waals surface area contributed by atoms with Crippen LogP contribution in [0.15, 0.2) is 18.2 Å². The summed E-state index contributed by atoms with van der Waals surface area (Å²) in [5, 5.41) is 11.5. The molecule has 0 spiro atoms. The molecule has 3 saturated heterocycles. The fourth-order valence-corrected chi connectivity index (χ4v) is 4.19. The van der Waals surface area contributed by atoms with Gasteiger partial charge in [0.1, 0.15) is 5.69 Å². The smallest absolute Gasteiger partial charge is 0.292 e. The second kappa shape index (κ2) is 9.59. The minimum atomic E-state index is -0.316. The highest BCUT2D eigenvalue weighted by Crippen LogP contribution is 2.33. The lowest BCUT2D eigenvalue weighted by Gasteiger charge is -2.37. The lowest BCUT2D eigenvalue weighted by Crippen LogP contribution is -2.51. The van der Waals surface area contributed by atoms with E-state index in [0.29, 0.717) is 64.8 Å². The molecule has 10 nitrogen and oxygen atoms in total. The van der Waals surface area contributed by atoms with E-state index < -0.39 is 0 Å². The van der Waals surface area contributed by atoms with Crippen molar-refractivity contribution in [3.05, 3.63) is 28.3 Å². The van der Waals surface area contributed by atoms with Gasteiger partial charge in [0.2, 0.25) is 5.91 Å². The summed E-state index contributed by atoms with van der Waals surface area (Å²) >= 11 is 0. The zero-order chi connectivity index (χ0) is 20.9. The fourth-order valence-electron chi connectivity index (χ4n) is 4.19. The summed E-state index contributed by atoms with van der Waals surface area (Å²) in [5.74, 6) is 0.164. The first-order valence-corrected chi connectivity index (χ1v) is 10.6. The summed E-state index contributed by atoms with van der Waals surface area (Å²) in [7, 11) is 0. The molecule has 0 atom stereocenters. The molecular formula is C20H29N5O5. The molecule has 30 heavy (non-hydrogen) atoms. The van der Waals surface area contributed by atoms with Gasteiger partial charge < -0.3 is 24.2 Å². The van der Waals surface area contributed by atoms with Crippen molar-refractivity contribution >= 4 is 23.0 Å². The molecule has 3 aliphatic rings. The van der Waals surface area contributed by atoms with Crippen molar-refractivity contribution in [2.45, 2.75) is 0 Å². The summed E-state index contributed by atoms with van der Waals surface area (Å²) in [6.45, 7) is 8.65. The molecule has 0 saturated carbocycles. The number of nitro groups is 1. The van der Waals surface area contributed by atoms with Gasteiger partial charge >= 0.3 is 0 Å². The van der Waals surface area contributed by atoms with Gasteiger partial charge in [-0.3, -0.25) is 19.8 Å². The van der Waals surface area contributed by atoms with E-state index in [1.807, 2.05) is 21.9 Å². The van der Waals surface area contributed by atoms with Crippen LogP contribution in [0, 0.1) is 10.1 Å². The van der Waals surface area contributed by atoms with Crippen LogP contribution in [-0.4, -0.2) is 106 Å². The van der Waals surface area contributed by atoms with Crippen LogP contribution in [-0.2, 0) is 14.3 Å². The molecule has 3 aliphatic heterocycles. The quantitative estimate of drug-likeness (QED) is 0.501. The summed E-state index contributed by atoms with van der Waals surface area (Å²) in [5.41, 5.74) is 1.78. The molecule has 4 rings (SSSR count). The molecule has 0 bridgehead atoms. The summed E-state index contributed by atoms with van der Waals surface area (Å²) in [4.78, 5) is 32.0. The number of carbonyl (C=O) groups excluding carboxylic acids is 1. The molecule has 10 heteroatoms. The Kier molecular flexibility index (Phi) is 6.66. The Hall–Kier alpha value is -2.43. The van der Waals surface area contributed by atoms with Gasteiger partial charge in [0, 0.05) is 64.1 Å². The molecular weight excluding hydrogens is 390 g/mol. The van der Waals surface area contributed by atoms with Crippen molar-refractivity contribution in [3.63, 3.8) is 0 Å². The number of ether oxygens (including phenoxy) is 2. The van der Waals surface area contributed by atoms with Crippen molar-refractivity contribution < 1.29 is 19.2 Å². The second-order valence-electron chi connectivity index (χ2n) is 7.79. The number of piperazine rings is 1. The first-order chi connectivity index (χ1) is 14.6. The summed E-state index contributed by atoms with van der Waals surface area (Å²) < 4.78 is 10.7. The largest absolute Gasteiger partial charge is 0.378 e. The van der Waals surface area contributed by atoms with Crippen LogP contribution < -0.4 is 9.80 Å². The van der Waals surface area contributed by atoms with Gasteiger partial charge in [-0.25, -0.2) is 0 Å². The lowest BCUT2D eigenvalue weighted by molar-refractivity contribution is -0.384. The molecule has 1 aromatic carbocycles. The molecule has 0 aromatic heterocycles. The Morgan fingerprint density at radius 3 is 2.17 bits per heavy atom. The van der Waals surface area contributed by atoms with Crippen LogP contribution in [0.2, 0.25) is 0 Å². The van der Waals surface area contributed by atoms with Crippen molar-refractivity contribution in [1.82, 2.24) is 9.80 Å². The highest BCUT2D eigenvalue weighted by atomic mass is 16.6. The van der Waals surface area contributed by atoms with Crippen LogP contribution in [0.25, 0.3) is 0 Å². The highest BCUT2D eigenvalue weighted by molar-refractivity contribution is 5.78. The van der Waals surface area contributed by atoms with E-state index in [9.17, 15) is 14.9 Å². The molecule has 0 N–H and O–H groups in total. The molecule has 1 aromatic rings. The Labute approximate surface area is 176 Å². The maximum atomic E-state index is 12.5. The third-order valence-corrected chi connectivity index (χ3v) is 5.97. The molecule has 0 radical (unpaired) electrons. The molecule has 1 amide bonds. The van der Waals surface area contributed by atoms with Gasteiger partial charge in [-0.1, -0.05) is 0 Å². The summed E-state index contributed by atoms with van der Waals surface area (Å²) in [6, 6.07) is 5.36. The van der Waals surface area contributed by atoms with E-state index in [-0.39, 0.29) is 16.5 Å². The van der Waals surface area contributed by atoms with E-state index in [2.05, 4.69) is 9.80 Å². The maximum absolute atomic E-state index is 12.5. The number of morpholine rings is 2. The Morgan fingerprint density at radius 1 is 0.900 bits per heavy atom. The zero-order valence-electron chi connectivity index (χ0n) is 17.2. The molecule has 3 fully saturated rings. The van der Waals surface area contributed by atoms with Crippen LogP contribution in [0.4, 0.5) is 17.1 Å². The van der Waals surface area contributed by atoms with Crippen molar-refractivity contribution in [2.75, 3.05) is 95.1 Å². The normalized spacial score (nSPS) is 21.0. The van der Waals surface area contributed by atoms with Crippen molar-refractivity contribution in [1.29, 1.82) is 0 Å². The van der Waals surface area contributed by atoms with Crippen LogP contribution in [0.5, 0.6) is 0 Å². The van der Waals surface area contributed by atoms with E-state index in [0.717, 1.165) is 31.9 Å². The molecule has 0 unspecified atom stereocenters. The van der Waals surface area contributed by atoms with Crippen molar-refractivity contribution in [3.8, 4) is 0 Å². The molecule has 0 aliphatic carbocycles. The average Bonchev–Trinajstić information content (AvgIpc) is 2.80. The maximum Gasteiger partial charge on any atom is 0.292 e. The number of anilines is 2. The average molecular weight is 419 g/mol. The standard InChI is InChI=1S/C20H29N5O5/c26-20(24-9-13-30-14-10-24)16-21-3-5-22(6-4-21)17-1-2-18(25(27)28)19(15-17)23-7-11-29-12-8-23/h1-2,15H,3-14,16H2. The van der Waals surface area contributed by atoms with Gasteiger partial charge in [-0.2, -0.15) is 0 Å². The molecule has 164 valence electrons. The van der Waals surface area contributed by atoms with E-state index in [4.69, 9.17) is 9.47 Å². The number of amides is 1. The Balaban J connectivity index is 1.38. The predicted octanol–water partition coefficient (Wildman–Crippen LogP) is 0.412. The third-order valence-electron chi connectivity index (χ3n) is 5.97. The lowest BCUT2D eigenvalue weighted by atomic mass is 10.1. The van der Waals surface area contributed by atoms with Crippen LogP contribution >= 0.6 is 0 Å². The van der Waals surface area contributed by atoms with Crippen LogP contribution in [0.3, 0.4) is 0 Å². The van der Waals surface area contributed by atoms with Gasteiger partial charge in [0.25, 0.3) is 5.69 Å². The SMILES string of the molecule is O=C(CN1CCN(c2ccc([N+](=O)[O-])c(N3CCOCC3)c2)CC1)N1CCOCC1. The van der Waals surface area contributed by atoms with Gasteiger partial charge in [0.15, 0.2) is 0 Å². The number of nitro benzene ring substituents is 1. The Morgan fingerprint density at radius 2 is 1.53 bits per heavy atom. The third kappa shape index (κ3) is 4.82. The van der Waals surface area contributed by atoms with Gasteiger partial charge in [-0.05, 0) is 12.1 Å². The van der Waals surface area contributed by atoms with Gasteiger partial charge in [0.05, 0.1) is 37.9 Å². The number of carbonyl (C=O) groups is 1. The number of hydrogen-bond donors (Lipinski definition) is 0. The second-order valence-corrected chi connectivity index (χ2v) is 7.79. The fraction of sp³-hybridized carbons (Fsp3) is 0.650.